The van der Waals surface area contributed by atoms with Crippen LogP contribution < -0.4 is 5.32 Å². The Labute approximate surface area is 134 Å². The summed E-state index contributed by atoms with van der Waals surface area (Å²) >= 11 is 4.66. The molecule has 2 rings (SSSR count). The lowest BCUT2D eigenvalue weighted by Gasteiger charge is -2.11. The number of benzene rings is 1. The van der Waals surface area contributed by atoms with Crippen molar-refractivity contribution in [1.29, 1.82) is 0 Å². The molecular weight excluding hydrogens is 365 g/mol. The van der Waals surface area contributed by atoms with E-state index in [9.17, 15) is 13.2 Å². The molecule has 1 unspecified atom stereocenters. The SMILES string of the molecule is CC(C)CC1CSC(Nc2cc(Br)cc(C(F)(F)F)c2)=N1. The van der Waals surface area contributed by atoms with E-state index in [1.54, 1.807) is 17.8 Å². The zero-order valence-electron chi connectivity index (χ0n) is 11.7. The Hall–Kier alpha value is -0.690. The lowest BCUT2D eigenvalue weighted by molar-refractivity contribution is -0.137. The van der Waals surface area contributed by atoms with Crippen molar-refractivity contribution in [3.8, 4) is 0 Å². The minimum Gasteiger partial charge on any atom is -0.335 e. The maximum atomic E-state index is 12.8. The molecule has 0 radical (unpaired) electrons. The van der Waals surface area contributed by atoms with Crippen LogP contribution in [0.1, 0.15) is 25.8 Å². The second-order valence-corrected chi connectivity index (χ2v) is 7.30. The van der Waals surface area contributed by atoms with Gasteiger partial charge >= 0.3 is 6.18 Å². The average molecular weight is 381 g/mol. The fourth-order valence-corrected chi connectivity index (χ4v) is 3.57. The van der Waals surface area contributed by atoms with Gasteiger partial charge in [-0.25, -0.2) is 0 Å². The number of nitrogens with one attached hydrogen (secondary N) is 1. The number of hydrogen-bond donors (Lipinski definition) is 1. The molecule has 21 heavy (non-hydrogen) atoms. The summed E-state index contributed by atoms with van der Waals surface area (Å²) in [4.78, 5) is 4.52. The molecule has 2 nitrogen and oxygen atoms in total. The van der Waals surface area contributed by atoms with Crippen LogP contribution in [0.5, 0.6) is 0 Å². The van der Waals surface area contributed by atoms with E-state index in [1.807, 2.05) is 0 Å². The summed E-state index contributed by atoms with van der Waals surface area (Å²) in [5.74, 6) is 1.43. The molecule has 7 heteroatoms. The summed E-state index contributed by atoms with van der Waals surface area (Å²) in [6.07, 6.45) is -3.37. The number of thioether (sulfide) groups is 1. The third-order valence-electron chi connectivity index (χ3n) is 2.93. The molecule has 0 saturated carbocycles. The molecular formula is C14H16BrF3N2S. The van der Waals surface area contributed by atoms with E-state index in [-0.39, 0.29) is 6.04 Å². The molecule has 1 aromatic carbocycles. The number of aliphatic imine (C=N–C) groups is 1. The largest absolute Gasteiger partial charge is 0.416 e. The maximum Gasteiger partial charge on any atom is 0.416 e. The predicted molar refractivity (Wildman–Crippen MR) is 85.9 cm³/mol. The Morgan fingerprint density at radius 2 is 2.10 bits per heavy atom. The highest BCUT2D eigenvalue weighted by Gasteiger charge is 2.31. The Bertz CT molecular complexity index is 544. The quantitative estimate of drug-likeness (QED) is 0.759. The molecule has 1 aliphatic heterocycles. The number of hydrogen-bond acceptors (Lipinski definition) is 3. The van der Waals surface area contributed by atoms with E-state index < -0.39 is 11.7 Å². The highest BCUT2D eigenvalue weighted by molar-refractivity contribution is 9.10. The predicted octanol–water partition coefficient (Wildman–Crippen LogP) is 5.40. The number of alkyl halides is 3. The average Bonchev–Trinajstić information content (AvgIpc) is 2.73. The van der Waals surface area contributed by atoms with Crippen LogP contribution in [0.4, 0.5) is 18.9 Å². The van der Waals surface area contributed by atoms with Crippen molar-refractivity contribution in [2.45, 2.75) is 32.5 Å². The number of nitrogens with zero attached hydrogens (tertiary/aromatic N) is 1. The van der Waals surface area contributed by atoms with Crippen LogP contribution in [0, 0.1) is 5.92 Å². The van der Waals surface area contributed by atoms with Crippen molar-refractivity contribution in [1.82, 2.24) is 0 Å². The van der Waals surface area contributed by atoms with E-state index in [0.717, 1.165) is 24.3 Å². The van der Waals surface area contributed by atoms with Gasteiger partial charge in [-0.2, -0.15) is 13.2 Å². The second-order valence-electron chi connectivity index (χ2n) is 5.38. The number of rotatable bonds is 3. The van der Waals surface area contributed by atoms with Crippen LogP contribution in [0.3, 0.4) is 0 Å². The van der Waals surface area contributed by atoms with Gasteiger partial charge in [0.25, 0.3) is 0 Å². The van der Waals surface area contributed by atoms with Gasteiger partial charge in [-0.1, -0.05) is 41.5 Å². The van der Waals surface area contributed by atoms with Crippen molar-refractivity contribution >= 4 is 38.5 Å². The number of anilines is 1. The fraction of sp³-hybridized carbons (Fsp3) is 0.500. The normalized spacial score (nSPS) is 19.0. The molecule has 0 bridgehead atoms. The Morgan fingerprint density at radius 1 is 1.38 bits per heavy atom. The Morgan fingerprint density at radius 3 is 2.71 bits per heavy atom. The number of halogens is 4. The van der Waals surface area contributed by atoms with E-state index in [2.05, 4.69) is 40.1 Å². The van der Waals surface area contributed by atoms with Gasteiger partial charge in [0.05, 0.1) is 11.6 Å². The third kappa shape index (κ3) is 4.92. The fourth-order valence-electron chi connectivity index (χ4n) is 2.10. The zero-order valence-corrected chi connectivity index (χ0v) is 14.1. The number of amidine groups is 1. The molecule has 1 N–H and O–H groups in total. The standard InChI is InChI=1S/C14H16BrF3N2S/c1-8(2)3-12-7-21-13(20-12)19-11-5-9(14(16,17)18)4-10(15)6-11/h4-6,8,12H,3,7H2,1-2H3,(H,19,20). The molecule has 0 spiro atoms. The van der Waals surface area contributed by atoms with Gasteiger partial charge in [-0.3, -0.25) is 4.99 Å². The molecule has 0 saturated heterocycles. The lowest BCUT2D eigenvalue weighted by Crippen LogP contribution is -2.09. The molecule has 0 amide bonds. The van der Waals surface area contributed by atoms with Crippen LogP contribution in [0.2, 0.25) is 0 Å². The topological polar surface area (TPSA) is 24.4 Å². The van der Waals surface area contributed by atoms with Crippen molar-refractivity contribution in [3.05, 3.63) is 28.2 Å². The first-order valence-corrected chi connectivity index (χ1v) is 8.37. The monoisotopic (exact) mass is 380 g/mol. The minimum absolute atomic E-state index is 0.242. The lowest BCUT2D eigenvalue weighted by atomic mass is 10.1. The summed E-state index contributed by atoms with van der Waals surface area (Å²) in [6.45, 7) is 4.27. The molecule has 116 valence electrons. The first-order chi connectivity index (χ1) is 9.74. The Kier molecular flexibility index (Phi) is 5.24. The molecule has 1 atom stereocenters. The summed E-state index contributed by atoms with van der Waals surface area (Å²) in [6, 6.07) is 4.03. The third-order valence-corrected chi connectivity index (χ3v) is 4.42. The van der Waals surface area contributed by atoms with Gasteiger partial charge in [0.2, 0.25) is 0 Å². The summed E-state index contributed by atoms with van der Waals surface area (Å²) in [5.41, 5.74) is -0.283. The highest BCUT2D eigenvalue weighted by atomic mass is 79.9. The first-order valence-electron chi connectivity index (χ1n) is 6.59. The zero-order chi connectivity index (χ0) is 15.6. The minimum atomic E-state index is -4.36. The smallest absolute Gasteiger partial charge is 0.335 e. The van der Waals surface area contributed by atoms with Gasteiger partial charge in [-0.15, -0.1) is 0 Å². The van der Waals surface area contributed by atoms with Crippen molar-refractivity contribution in [2.75, 3.05) is 11.1 Å². The maximum absolute atomic E-state index is 12.8. The summed E-state index contributed by atoms with van der Waals surface area (Å²) < 4.78 is 38.7. The molecule has 1 heterocycles. The van der Waals surface area contributed by atoms with E-state index in [0.29, 0.717) is 21.2 Å². The van der Waals surface area contributed by atoms with Crippen LogP contribution in [0.25, 0.3) is 0 Å². The van der Waals surface area contributed by atoms with E-state index in [1.165, 1.54) is 0 Å². The van der Waals surface area contributed by atoms with E-state index in [4.69, 9.17) is 0 Å². The van der Waals surface area contributed by atoms with Crippen LogP contribution in [-0.2, 0) is 6.18 Å². The first kappa shape index (κ1) is 16.7. The van der Waals surface area contributed by atoms with Gasteiger partial charge in [0.1, 0.15) is 0 Å². The molecule has 0 aromatic heterocycles. The van der Waals surface area contributed by atoms with Gasteiger partial charge in [0, 0.05) is 15.9 Å². The van der Waals surface area contributed by atoms with Crippen molar-refractivity contribution < 1.29 is 13.2 Å². The van der Waals surface area contributed by atoms with Gasteiger partial charge in [-0.05, 0) is 30.5 Å². The van der Waals surface area contributed by atoms with Crippen LogP contribution >= 0.6 is 27.7 Å². The second kappa shape index (κ2) is 6.60. The summed E-state index contributed by atoms with van der Waals surface area (Å²) in [5, 5.41) is 3.67. The molecule has 1 aliphatic rings. The van der Waals surface area contributed by atoms with Crippen molar-refractivity contribution in [2.24, 2.45) is 10.9 Å². The van der Waals surface area contributed by atoms with E-state index >= 15 is 0 Å². The van der Waals surface area contributed by atoms with Gasteiger partial charge < -0.3 is 5.32 Å². The van der Waals surface area contributed by atoms with Gasteiger partial charge in [0.15, 0.2) is 5.17 Å². The van der Waals surface area contributed by atoms with Crippen molar-refractivity contribution in [3.63, 3.8) is 0 Å². The highest BCUT2D eigenvalue weighted by Crippen LogP contribution is 2.34. The summed E-state index contributed by atoms with van der Waals surface area (Å²) in [7, 11) is 0. The van der Waals surface area contributed by atoms with Crippen LogP contribution in [-0.4, -0.2) is 17.0 Å². The molecule has 0 fully saturated rings. The molecule has 0 aliphatic carbocycles. The molecule has 1 aromatic rings. The van der Waals surface area contributed by atoms with Crippen LogP contribution in [0.15, 0.2) is 27.7 Å². The Balaban J connectivity index is 2.12.